The molecule has 0 aromatic heterocycles. The highest BCUT2D eigenvalue weighted by atomic mass is 127. The second-order valence-electron chi connectivity index (χ2n) is 5.46. The molecule has 2 nitrogen and oxygen atoms in total. The summed E-state index contributed by atoms with van der Waals surface area (Å²) >= 11 is 5.71. The zero-order chi connectivity index (χ0) is 17.5. The Morgan fingerprint density at radius 1 is 1.29 bits per heavy atom. The quantitative estimate of drug-likeness (QED) is 0.298. The van der Waals surface area contributed by atoms with Crippen LogP contribution in [-0.2, 0) is 4.43 Å². The number of carbonyl (C=O) groups excluding carboxylic acids is 1. The number of halogens is 3. The van der Waals surface area contributed by atoms with Crippen molar-refractivity contribution in [3.05, 3.63) is 82.1 Å². The summed E-state index contributed by atoms with van der Waals surface area (Å²) in [6, 6.07) is 12.1. The summed E-state index contributed by atoms with van der Waals surface area (Å²) in [5.41, 5.74) is 2.71. The van der Waals surface area contributed by atoms with Crippen molar-refractivity contribution in [1.82, 2.24) is 5.32 Å². The van der Waals surface area contributed by atoms with Crippen LogP contribution in [0.4, 0.5) is 4.39 Å². The zero-order valence-corrected chi connectivity index (χ0v) is 16.8. The van der Waals surface area contributed by atoms with Gasteiger partial charge in [0.1, 0.15) is 5.82 Å². The van der Waals surface area contributed by atoms with Gasteiger partial charge < -0.3 is 5.32 Å². The van der Waals surface area contributed by atoms with Gasteiger partial charge >= 0.3 is 0 Å². The second kappa shape index (κ2) is 9.32. The number of rotatable bonds is 7. The Labute approximate surface area is 163 Å². The third kappa shape index (κ3) is 5.41. The van der Waals surface area contributed by atoms with Crippen LogP contribution in [0.25, 0.3) is 0 Å². The maximum Gasteiger partial charge on any atom is 0.251 e. The Balaban J connectivity index is 2.08. The van der Waals surface area contributed by atoms with Crippen LogP contribution in [0.15, 0.2) is 59.6 Å². The van der Waals surface area contributed by atoms with Crippen LogP contribution in [-0.4, -0.2) is 12.5 Å². The maximum atomic E-state index is 13.1. The van der Waals surface area contributed by atoms with E-state index in [2.05, 4.69) is 50.4 Å². The van der Waals surface area contributed by atoms with Crippen LogP contribution in [0.1, 0.15) is 33.8 Å². The number of allylic oxidation sites excluding steroid dienone is 1. The van der Waals surface area contributed by atoms with Gasteiger partial charge in [-0.2, -0.15) is 0 Å². The van der Waals surface area contributed by atoms with Crippen LogP contribution < -0.4 is 5.32 Å². The Morgan fingerprint density at radius 3 is 2.62 bits per heavy atom. The molecule has 1 amide bonds. The maximum absolute atomic E-state index is 13.1. The van der Waals surface area contributed by atoms with Gasteiger partial charge in [0.25, 0.3) is 5.91 Å². The van der Waals surface area contributed by atoms with Crippen molar-refractivity contribution in [2.75, 3.05) is 6.54 Å². The van der Waals surface area contributed by atoms with E-state index in [1.807, 2.05) is 24.3 Å². The third-order valence-electron chi connectivity index (χ3n) is 3.68. The van der Waals surface area contributed by atoms with Gasteiger partial charge in [0, 0.05) is 26.9 Å². The first kappa shape index (κ1) is 19.1. The largest absolute Gasteiger partial charge is 0.351 e. The van der Waals surface area contributed by atoms with Crippen LogP contribution in [0, 0.1) is 5.82 Å². The lowest BCUT2D eigenvalue weighted by molar-refractivity contribution is 0.0951. The lowest BCUT2D eigenvalue weighted by Crippen LogP contribution is -2.28. The minimum atomic E-state index is -0.263. The summed E-state index contributed by atoms with van der Waals surface area (Å²) in [6.45, 7) is 4.24. The highest BCUT2D eigenvalue weighted by Crippen LogP contribution is 2.21. The van der Waals surface area contributed by atoms with E-state index in [9.17, 15) is 9.18 Å². The van der Waals surface area contributed by atoms with Crippen molar-refractivity contribution < 1.29 is 9.18 Å². The van der Waals surface area contributed by atoms with Crippen molar-refractivity contribution in [2.45, 2.75) is 16.8 Å². The number of alkyl halides is 1. The molecule has 1 unspecified atom stereocenters. The van der Waals surface area contributed by atoms with E-state index in [1.54, 1.807) is 12.1 Å². The molecule has 0 fully saturated rings. The topological polar surface area (TPSA) is 29.1 Å². The molecule has 24 heavy (non-hydrogen) atoms. The van der Waals surface area contributed by atoms with Gasteiger partial charge in [0.05, 0.1) is 0 Å². The molecule has 0 radical (unpaired) electrons. The molecule has 5 heteroatoms. The molecule has 0 aliphatic heterocycles. The lowest BCUT2D eigenvalue weighted by Gasteiger charge is -2.17. The summed E-state index contributed by atoms with van der Waals surface area (Å²) in [4.78, 5) is 12.4. The smallest absolute Gasteiger partial charge is 0.251 e. The molecule has 0 heterocycles. The molecule has 0 aliphatic rings. The average molecular weight is 502 g/mol. The van der Waals surface area contributed by atoms with Crippen LogP contribution in [0.2, 0.25) is 0 Å². The molecule has 0 spiro atoms. The SMILES string of the molecule is C=CCC(CNC(=O)c1cc(Br)cc(CI)c1)c1ccc(F)cc1. The van der Waals surface area contributed by atoms with Gasteiger partial charge in [-0.1, -0.05) is 56.7 Å². The standard InChI is InChI=1S/C19H18BrFINO/c1-2-3-15(14-4-6-18(21)7-5-14)12-23-19(24)16-8-13(11-22)9-17(20)10-16/h2,4-10,15H,1,3,11-12H2,(H,23,24). The Hall–Kier alpha value is -1.21. The number of nitrogens with one attached hydrogen (secondary N) is 1. The van der Waals surface area contributed by atoms with Crippen LogP contribution in [0.5, 0.6) is 0 Å². The number of hydrogen-bond donors (Lipinski definition) is 1. The molecule has 1 N–H and O–H groups in total. The highest BCUT2D eigenvalue weighted by molar-refractivity contribution is 14.1. The Morgan fingerprint density at radius 2 is 2.00 bits per heavy atom. The predicted octanol–water partition coefficient (Wildman–Crippen LogP) is 5.61. The molecule has 0 saturated heterocycles. The van der Waals surface area contributed by atoms with Gasteiger partial charge in [-0.3, -0.25) is 4.79 Å². The highest BCUT2D eigenvalue weighted by Gasteiger charge is 2.14. The van der Waals surface area contributed by atoms with Gasteiger partial charge in [-0.15, -0.1) is 6.58 Å². The molecule has 126 valence electrons. The second-order valence-corrected chi connectivity index (χ2v) is 7.14. The third-order valence-corrected chi connectivity index (χ3v) is 5.01. The number of hydrogen-bond acceptors (Lipinski definition) is 1. The molecule has 0 aliphatic carbocycles. The van der Waals surface area contributed by atoms with Gasteiger partial charge in [-0.05, 0) is 47.9 Å². The van der Waals surface area contributed by atoms with E-state index in [0.29, 0.717) is 18.5 Å². The molecule has 0 bridgehead atoms. The molecular formula is C19H18BrFINO. The first-order valence-corrected chi connectivity index (χ1v) is 9.85. The summed E-state index contributed by atoms with van der Waals surface area (Å²) in [5, 5.41) is 2.97. The minimum Gasteiger partial charge on any atom is -0.351 e. The van der Waals surface area contributed by atoms with Crippen LogP contribution >= 0.6 is 38.5 Å². The van der Waals surface area contributed by atoms with Gasteiger partial charge in [0.2, 0.25) is 0 Å². The van der Waals surface area contributed by atoms with Gasteiger partial charge in [-0.25, -0.2) is 4.39 Å². The van der Waals surface area contributed by atoms with E-state index >= 15 is 0 Å². The molecule has 0 saturated carbocycles. The number of benzene rings is 2. The van der Waals surface area contributed by atoms with Crippen molar-refractivity contribution in [3.63, 3.8) is 0 Å². The summed E-state index contributed by atoms with van der Waals surface area (Å²) in [7, 11) is 0. The normalized spacial score (nSPS) is 11.8. The number of carbonyl (C=O) groups is 1. The Kier molecular flexibility index (Phi) is 7.42. The fraction of sp³-hybridized carbons (Fsp3) is 0.211. The number of amides is 1. The van der Waals surface area contributed by atoms with E-state index in [0.717, 1.165) is 20.0 Å². The van der Waals surface area contributed by atoms with E-state index < -0.39 is 0 Å². The van der Waals surface area contributed by atoms with Crippen molar-refractivity contribution in [1.29, 1.82) is 0 Å². The summed E-state index contributed by atoms with van der Waals surface area (Å²) in [6.07, 6.45) is 2.52. The van der Waals surface area contributed by atoms with E-state index in [1.165, 1.54) is 12.1 Å². The van der Waals surface area contributed by atoms with Crippen molar-refractivity contribution in [2.24, 2.45) is 0 Å². The average Bonchev–Trinajstić information content (AvgIpc) is 2.58. The first-order chi connectivity index (χ1) is 11.5. The fourth-order valence-electron chi connectivity index (χ4n) is 2.45. The monoisotopic (exact) mass is 501 g/mol. The van der Waals surface area contributed by atoms with Crippen molar-refractivity contribution in [3.8, 4) is 0 Å². The Bertz CT molecular complexity index is 718. The first-order valence-electron chi connectivity index (χ1n) is 7.53. The summed E-state index contributed by atoms with van der Waals surface area (Å²) < 4.78 is 14.8. The van der Waals surface area contributed by atoms with Gasteiger partial charge in [0.15, 0.2) is 0 Å². The zero-order valence-electron chi connectivity index (χ0n) is 13.1. The predicted molar refractivity (Wildman–Crippen MR) is 108 cm³/mol. The fourth-order valence-corrected chi connectivity index (χ4v) is 3.43. The molecule has 2 aromatic carbocycles. The van der Waals surface area contributed by atoms with Crippen LogP contribution in [0.3, 0.4) is 0 Å². The molecular weight excluding hydrogens is 484 g/mol. The summed E-state index contributed by atoms with van der Waals surface area (Å²) in [5.74, 6) is -0.303. The molecule has 2 rings (SSSR count). The molecule has 2 aromatic rings. The van der Waals surface area contributed by atoms with Crippen molar-refractivity contribution >= 4 is 44.4 Å². The minimum absolute atomic E-state index is 0.0725. The molecule has 1 atom stereocenters. The lowest BCUT2D eigenvalue weighted by atomic mass is 9.95. The van der Waals surface area contributed by atoms with E-state index in [4.69, 9.17) is 0 Å². The van der Waals surface area contributed by atoms with E-state index in [-0.39, 0.29) is 17.6 Å².